The molecule has 0 saturated carbocycles. The van der Waals surface area contributed by atoms with Crippen molar-refractivity contribution in [3.8, 4) is 0 Å². The number of fused-ring (bicyclic) bond motifs is 2. The molecule has 0 nitrogen and oxygen atoms in total. The van der Waals surface area contributed by atoms with Gasteiger partial charge in [0.25, 0.3) is 0 Å². The molecule has 0 aromatic heterocycles. The molecule has 0 aliphatic carbocycles. The Bertz CT molecular complexity index is 822. The van der Waals surface area contributed by atoms with Gasteiger partial charge in [-0.05, 0) is 46.5 Å². The standard InChI is InChI=1S/2C11H10.Na/c2*1-9-5-4-7-10-6-2-3-8-11(9)10;/h2*2-8H,1H3;. The van der Waals surface area contributed by atoms with Crippen LogP contribution in [-0.4, -0.2) is 29.6 Å². The van der Waals surface area contributed by atoms with Gasteiger partial charge in [-0.1, -0.05) is 84.9 Å². The van der Waals surface area contributed by atoms with Crippen molar-refractivity contribution in [1.82, 2.24) is 0 Å². The van der Waals surface area contributed by atoms with E-state index in [1.165, 1.54) is 32.7 Å². The zero-order valence-corrected chi connectivity index (χ0v) is 16.1. The van der Waals surface area contributed by atoms with E-state index in [4.69, 9.17) is 0 Å². The summed E-state index contributed by atoms with van der Waals surface area (Å²) in [4.78, 5) is 0. The molecule has 0 amide bonds. The van der Waals surface area contributed by atoms with Crippen molar-refractivity contribution in [2.45, 2.75) is 13.8 Å². The molecule has 1 radical (unpaired) electrons. The third kappa shape index (κ3) is 4.23. The van der Waals surface area contributed by atoms with E-state index in [-0.39, 0.29) is 29.6 Å². The van der Waals surface area contributed by atoms with Gasteiger partial charge in [-0.15, -0.1) is 0 Å². The van der Waals surface area contributed by atoms with E-state index in [9.17, 15) is 0 Å². The fraction of sp³-hybridized carbons (Fsp3) is 0.0909. The maximum atomic E-state index is 2.16. The van der Waals surface area contributed by atoms with Crippen molar-refractivity contribution >= 4 is 51.1 Å². The second kappa shape index (κ2) is 8.31. The summed E-state index contributed by atoms with van der Waals surface area (Å²) in [7, 11) is 0. The van der Waals surface area contributed by atoms with Crippen LogP contribution in [0.4, 0.5) is 0 Å². The number of aryl methyl sites for hydroxylation is 2. The molecule has 0 N–H and O–H groups in total. The Morgan fingerprint density at radius 2 is 0.783 bits per heavy atom. The van der Waals surface area contributed by atoms with Gasteiger partial charge >= 0.3 is 0 Å². The van der Waals surface area contributed by atoms with Crippen molar-refractivity contribution in [3.05, 3.63) is 96.1 Å². The monoisotopic (exact) mass is 307 g/mol. The molecule has 0 saturated heterocycles. The minimum Gasteiger partial charge on any atom is -0.0616 e. The second-order valence-electron chi connectivity index (χ2n) is 5.59. The number of benzene rings is 4. The normalized spacial score (nSPS) is 9.83. The quantitative estimate of drug-likeness (QED) is 0.354. The summed E-state index contributed by atoms with van der Waals surface area (Å²) in [6.45, 7) is 4.28. The van der Waals surface area contributed by atoms with Crippen LogP contribution in [0.2, 0.25) is 0 Å². The first-order valence-corrected chi connectivity index (χ1v) is 7.64. The zero-order valence-electron chi connectivity index (χ0n) is 14.1. The SMILES string of the molecule is Cc1cccc2ccccc12.Cc1cccc2ccccc12.[Na]. The number of hydrogen-bond acceptors (Lipinski definition) is 0. The van der Waals surface area contributed by atoms with Crippen LogP contribution in [0.3, 0.4) is 0 Å². The van der Waals surface area contributed by atoms with Crippen molar-refractivity contribution in [2.75, 3.05) is 0 Å². The van der Waals surface area contributed by atoms with Crippen molar-refractivity contribution in [3.63, 3.8) is 0 Å². The van der Waals surface area contributed by atoms with E-state index in [1.54, 1.807) is 0 Å². The third-order valence-electron chi connectivity index (χ3n) is 4.02. The minimum absolute atomic E-state index is 0. The van der Waals surface area contributed by atoms with Gasteiger partial charge in [0.05, 0.1) is 0 Å². The Morgan fingerprint density at radius 1 is 0.435 bits per heavy atom. The molecular weight excluding hydrogens is 287 g/mol. The molecule has 23 heavy (non-hydrogen) atoms. The molecular formula is C22H20Na. The Kier molecular flexibility index (Phi) is 6.41. The molecule has 0 aliphatic rings. The molecule has 0 spiro atoms. The molecule has 4 aromatic rings. The Morgan fingerprint density at radius 3 is 1.17 bits per heavy atom. The molecule has 109 valence electrons. The molecule has 4 rings (SSSR count). The average molecular weight is 307 g/mol. The second-order valence-corrected chi connectivity index (χ2v) is 5.59. The summed E-state index contributed by atoms with van der Waals surface area (Å²) in [5.41, 5.74) is 2.70. The summed E-state index contributed by atoms with van der Waals surface area (Å²) in [5, 5.41) is 5.37. The average Bonchev–Trinajstić information content (AvgIpc) is 2.57. The summed E-state index contributed by atoms with van der Waals surface area (Å²) >= 11 is 0. The summed E-state index contributed by atoms with van der Waals surface area (Å²) in [6.07, 6.45) is 0. The maximum Gasteiger partial charge on any atom is 0 e. The first kappa shape index (κ1) is 17.7. The van der Waals surface area contributed by atoms with Gasteiger partial charge < -0.3 is 0 Å². The van der Waals surface area contributed by atoms with Crippen LogP contribution in [0, 0.1) is 13.8 Å². The van der Waals surface area contributed by atoms with Gasteiger partial charge in [0, 0.05) is 29.6 Å². The van der Waals surface area contributed by atoms with E-state index < -0.39 is 0 Å². The predicted octanol–water partition coefficient (Wildman–Crippen LogP) is 5.92. The van der Waals surface area contributed by atoms with Crippen LogP contribution in [0.15, 0.2) is 84.9 Å². The summed E-state index contributed by atoms with van der Waals surface area (Å²) in [5.74, 6) is 0. The van der Waals surface area contributed by atoms with Gasteiger partial charge in [0.2, 0.25) is 0 Å². The third-order valence-corrected chi connectivity index (χ3v) is 4.02. The Labute approximate surface area is 160 Å². The van der Waals surface area contributed by atoms with Crippen LogP contribution >= 0.6 is 0 Å². The minimum atomic E-state index is 0. The van der Waals surface area contributed by atoms with E-state index in [1.807, 2.05) is 0 Å². The van der Waals surface area contributed by atoms with Crippen LogP contribution in [0.25, 0.3) is 21.5 Å². The van der Waals surface area contributed by atoms with Gasteiger partial charge in [-0.3, -0.25) is 0 Å². The molecule has 0 atom stereocenters. The fourth-order valence-corrected chi connectivity index (χ4v) is 2.77. The molecule has 4 aromatic carbocycles. The molecule has 0 unspecified atom stereocenters. The smallest absolute Gasteiger partial charge is 0 e. The van der Waals surface area contributed by atoms with Crippen molar-refractivity contribution in [2.24, 2.45) is 0 Å². The van der Waals surface area contributed by atoms with Crippen LogP contribution in [0.5, 0.6) is 0 Å². The number of rotatable bonds is 0. The van der Waals surface area contributed by atoms with Gasteiger partial charge in [-0.2, -0.15) is 0 Å². The van der Waals surface area contributed by atoms with Crippen LogP contribution in [0.1, 0.15) is 11.1 Å². The molecule has 0 aliphatic heterocycles. The molecule has 0 bridgehead atoms. The molecule has 0 fully saturated rings. The van der Waals surface area contributed by atoms with E-state index in [0.717, 1.165) is 0 Å². The van der Waals surface area contributed by atoms with Crippen LogP contribution < -0.4 is 0 Å². The van der Waals surface area contributed by atoms with Gasteiger partial charge in [-0.25, -0.2) is 0 Å². The van der Waals surface area contributed by atoms with E-state index in [0.29, 0.717) is 0 Å². The topological polar surface area (TPSA) is 0 Å². The largest absolute Gasteiger partial charge is 0.0616 e. The van der Waals surface area contributed by atoms with Gasteiger partial charge in [0.15, 0.2) is 0 Å². The molecule has 0 heterocycles. The molecule has 1 heteroatoms. The Balaban J connectivity index is 0.000000160. The fourth-order valence-electron chi connectivity index (χ4n) is 2.77. The first-order chi connectivity index (χ1) is 10.8. The predicted molar refractivity (Wildman–Crippen MR) is 103 cm³/mol. The summed E-state index contributed by atoms with van der Waals surface area (Å²) < 4.78 is 0. The Hall–Kier alpha value is -1.60. The zero-order chi connectivity index (χ0) is 15.4. The first-order valence-electron chi connectivity index (χ1n) is 7.64. The van der Waals surface area contributed by atoms with Crippen LogP contribution in [-0.2, 0) is 0 Å². The van der Waals surface area contributed by atoms with Gasteiger partial charge in [0.1, 0.15) is 0 Å². The number of hydrogen-bond donors (Lipinski definition) is 0. The summed E-state index contributed by atoms with van der Waals surface area (Å²) in [6, 6.07) is 29.7. The van der Waals surface area contributed by atoms with Crippen molar-refractivity contribution in [1.29, 1.82) is 0 Å². The van der Waals surface area contributed by atoms with Crippen molar-refractivity contribution < 1.29 is 0 Å². The maximum absolute atomic E-state index is 2.16. The van der Waals surface area contributed by atoms with E-state index in [2.05, 4.69) is 98.8 Å². The van der Waals surface area contributed by atoms with E-state index >= 15 is 0 Å².